The Bertz CT molecular complexity index is 825. The lowest BCUT2D eigenvalue weighted by Gasteiger charge is -2.10. The lowest BCUT2D eigenvalue weighted by Crippen LogP contribution is -2.12. The summed E-state index contributed by atoms with van der Waals surface area (Å²) in [6, 6.07) is 17.4. The smallest absolute Gasteiger partial charge is 0.255 e. The van der Waals surface area contributed by atoms with E-state index in [-0.39, 0.29) is 11.7 Å². The van der Waals surface area contributed by atoms with Gasteiger partial charge in [0.2, 0.25) is 0 Å². The van der Waals surface area contributed by atoms with E-state index in [0.29, 0.717) is 21.7 Å². The summed E-state index contributed by atoms with van der Waals surface area (Å²) in [4.78, 5) is 12.3. The Hall–Kier alpha value is -2.52. The van der Waals surface area contributed by atoms with Crippen LogP contribution in [0, 0.1) is 0 Å². The molecule has 4 heteroatoms. The first-order valence-electron chi connectivity index (χ1n) is 6.43. The maximum atomic E-state index is 12.3. The summed E-state index contributed by atoms with van der Waals surface area (Å²) in [5, 5.41) is 14.8. The molecule has 0 bridgehead atoms. The van der Waals surface area contributed by atoms with Crippen LogP contribution in [0.5, 0.6) is 5.75 Å². The molecule has 0 aliphatic carbocycles. The van der Waals surface area contributed by atoms with Crippen molar-refractivity contribution < 1.29 is 9.90 Å². The summed E-state index contributed by atoms with van der Waals surface area (Å²) in [5.74, 6) is -0.136. The molecule has 0 unspecified atom stereocenters. The van der Waals surface area contributed by atoms with Crippen molar-refractivity contribution in [2.75, 3.05) is 5.32 Å². The first-order chi connectivity index (χ1) is 10.1. The number of amides is 1. The van der Waals surface area contributed by atoms with Gasteiger partial charge in [-0.15, -0.1) is 0 Å². The van der Waals surface area contributed by atoms with Crippen LogP contribution in [0.2, 0.25) is 5.02 Å². The molecule has 0 spiro atoms. The van der Waals surface area contributed by atoms with Crippen LogP contribution in [0.1, 0.15) is 10.4 Å². The highest BCUT2D eigenvalue weighted by Crippen LogP contribution is 2.31. The summed E-state index contributed by atoms with van der Waals surface area (Å²) in [7, 11) is 0. The van der Waals surface area contributed by atoms with Gasteiger partial charge in [-0.05, 0) is 35.7 Å². The molecule has 3 aromatic carbocycles. The first kappa shape index (κ1) is 13.5. The van der Waals surface area contributed by atoms with E-state index in [1.54, 1.807) is 42.5 Å². The van der Waals surface area contributed by atoms with Crippen LogP contribution in [-0.4, -0.2) is 11.0 Å². The van der Waals surface area contributed by atoms with Gasteiger partial charge in [0.25, 0.3) is 5.91 Å². The lowest BCUT2D eigenvalue weighted by molar-refractivity contribution is 0.102. The van der Waals surface area contributed by atoms with Crippen LogP contribution >= 0.6 is 11.6 Å². The zero-order valence-electron chi connectivity index (χ0n) is 11.0. The van der Waals surface area contributed by atoms with Crippen molar-refractivity contribution in [2.24, 2.45) is 0 Å². The Kier molecular flexibility index (Phi) is 3.50. The van der Waals surface area contributed by atoms with Crippen LogP contribution in [0.25, 0.3) is 10.8 Å². The van der Waals surface area contributed by atoms with E-state index in [1.165, 1.54) is 0 Å². The van der Waals surface area contributed by atoms with Crippen molar-refractivity contribution in [1.29, 1.82) is 0 Å². The molecule has 2 N–H and O–H groups in total. The molecule has 0 aliphatic heterocycles. The molecule has 0 aliphatic rings. The normalized spacial score (nSPS) is 10.5. The molecule has 0 heterocycles. The number of benzene rings is 3. The first-order valence-corrected chi connectivity index (χ1v) is 6.80. The van der Waals surface area contributed by atoms with Crippen molar-refractivity contribution in [3.05, 3.63) is 71.2 Å². The predicted octanol–water partition coefficient (Wildman–Crippen LogP) is 4.45. The zero-order chi connectivity index (χ0) is 14.8. The number of phenolic OH excluding ortho intramolecular Hbond substituents is 1. The lowest BCUT2D eigenvalue weighted by atomic mass is 10.1. The van der Waals surface area contributed by atoms with Gasteiger partial charge in [-0.25, -0.2) is 0 Å². The third kappa shape index (κ3) is 2.69. The van der Waals surface area contributed by atoms with Gasteiger partial charge in [0.05, 0.1) is 5.69 Å². The highest BCUT2D eigenvalue weighted by atomic mass is 35.5. The van der Waals surface area contributed by atoms with Gasteiger partial charge in [-0.2, -0.15) is 0 Å². The van der Waals surface area contributed by atoms with E-state index >= 15 is 0 Å². The number of anilines is 1. The van der Waals surface area contributed by atoms with E-state index < -0.39 is 0 Å². The number of hydrogen-bond donors (Lipinski definition) is 2. The fourth-order valence-corrected chi connectivity index (χ4v) is 2.44. The number of nitrogens with one attached hydrogen (secondary N) is 1. The van der Waals surface area contributed by atoms with Crippen LogP contribution in [-0.2, 0) is 0 Å². The summed E-state index contributed by atoms with van der Waals surface area (Å²) < 4.78 is 0. The van der Waals surface area contributed by atoms with Crippen LogP contribution in [0.15, 0.2) is 60.7 Å². The molecule has 0 saturated heterocycles. The third-order valence-corrected chi connectivity index (χ3v) is 3.45. The van der Waals surface area contributed by atoms with Crippen molar-refractivity contribution in [2.45, 2.75) is 0 Å². The highest BCUT2D eigenvalue weighted by molar-refractivity contribution is 6.31. The Morgan fingerprint density at radius 1 is 1.00 bits per heavy atom. The topological polar surface area (TPSA) is 49.3 Å². The van der Waals surface area contributed by atoms with E-state index in [1.807, 2.05) is 18.2 Å². The Labute approximate surface area is 126 Å². The van der Waals surface area contributed by atoms with Crippen molar-refractivity contribution >= 4 is 34.0 Å². The van der Waals surface area contributed by atoms with E-state index in [4.69, 9.17) is 11.6 Å². The molecule has 3 aromatic rings. The van der Waals surface area contributed by atoms with Gasteiger partial charge >= 0.3 is 0 Å². The minimum atomic E-state index is -0.270. The monoisotopic (exact) mass is 297 g/mol. The minimum absolute atomic E-state index is 0.134. The molecular formula is C17H12ClNO2. The predicted molar refractivity (Wildman–Crippen MR) is 85.0 cm³/mol. The average Bonchev–Trinajstić information content (AvgIpc) is 2.47. The summed E-state index contributed by atoms with van der Waals surface area (Å²) in [6.07, 6.45) is 0. The molecule has 0 aromatic heterocycles. The van der Waals surface area contributed by atoms with Gasteiger partial charge in [-0.1, -0.05) is 41.9 Å². The van der Waals surface area contributed by atoms with Crippen molar-refractivity contribution in [1.82, 2.24) is 0 Å². The van der Waals surface area contributed by atoms with E-state index in [2.05, 4.69) is 5.32 Å². The van der Waals surface area contributed by atoms with Gasteiger partial charge in [0, 0.05) is 16.0 Å². The van der Waals surface area contributed by atoms with Crippen molar-refractivity contribution in [3.63, 3.8) is 0 Å². The van der Waals surface area contributed by atoms with Crippen molar-refractivity contribution in [3.8, 4) is 5.75 Å². The number of hydrogen-bond acceptors (Lipinski definition) is 2. The largest absolute Gasteiger partial charge is 0.507 e. The Morgan fingerprint density at radius 2 is 1.71 bits per heavy atom. The average molecular weight is 298 g/mol. The second kappa shape index (κ2) is 5.46. The van der Waals surface area contributed by atoms with Crippen LogP contribution < -0.4 is 5.32 Å². The molecule has 0 saturated carbocycles. The summed E-state index contributed by atoms with van der Waals surface area (Å²) >= 11 is 5.89. The quantitative estimate of drug-likeness (QED) is 0.734. The molecule has 3 nitrogen and oxygen atoms in total. The van der Waals surface area contributed by atoms with Gasteiger partial charge in [-0.3, -0.25) is 4.79 Å². The maximum Gasteiger partial charge on any atom is 0.255 e. The summed E-state index contributed by atoms with van der Waals surface area (Å²) in [6.45, 7) is 0. The molecule has 0 atom stereocenters. The second-order valence-electron chi connectivity index (χ2n) is 4.65. The Morgan fingerprint density at radius 3 is 2.48 bits per heavy atom. The SMILES string of the molecule is O=C(Nc1cccc2cccc(O)c12)c1cccc(Cl)c1. The van der Waals surface area contributed by atoms with Gasteiger partial charge < -0.3 is 10.4 Å². The number of halogens is 1. The second-order valence-corrected chi connectivity index (χ2v) is 5.08. The molecule has 0 radical (unpaired) electrons. The van der Waals surface area contributed by atoms with Gasteiger partial charge in [0.1, 0.15) is 5.75 Å². The zero-order valence-corrected chi connectivity index (χ0v) is 11.8. The highest BCUT2D eigenvalue weighted by Gasteiger charge is 2.10. The standard InChI is InChI=1S/C17H12ClNO2/c18-13-7-1-6-12(10-13)17(21)19-14-8-2-4-11-5-3-9-15(20)16(11)14/h1-10,20H,(H,19,21). The number of rotatable bonds is 2. The van der Waals surface area contributed by atoms with E-state index in [9.17, 15) is 9.90 Å². The number of fused-ring (bicyclic) bond motifs is 1. The fraction of sp³-hybridized carbons (Fsp3) is 0. The number of aromatic hydroxyl groups is 1. The number of carbonyl (C=O) groups excluding carboxylic acids is 1. The molecule has 0 fully saturated rings. The summed E-state index contributed by atoms with van der Waals surface area (Å²) in [5.41, 5.74) is 1.03. The minimum Gasteiger partial charge on any atom is -0.507 e. The molecule has 21 heavy (non-hydrogen) atoms. The van der Waals surface area contributed by atoms with Crippen LogP contribution in [0.3, 0.4) is 0 Å². The molecule has 104 valence electrons. The number of carbonyl (C=O) groups is 1. The fourth-order valence-electron chi connectivity index (χ4n) is 2.25. The van der Waals surface area contributed by atoms with E-state index in [0.717, 1.165) is 5.39 Å². The third-order valence-electron chi connectivity index (χ3n) is 3.22. The Balaban J connectivity index is 2.01. The van der Waals surface area contributed by atoms with Gasteiger partial charge in [0.15, 0.2) is 0 Å². The number of phenols is 1. The molecule has 1 amide bonds. The maximum absolute atomic E-state index is 12.3. The molecular weight excluding hydrogens is 286 g/mol. The molecule has 3 rings (SSSR count). The van der Waals surface area contributed by atoms with Crippen LogP contribution in [0.4, 0.5) is 5.69 Å².